The highest BCUT2D eigenvalue weighted by molar-refractivity contribution is 6.36. The van der Waals surface area contributed by atoms with E-state index in [-0.39, 0.29) is 30.0 Å². The summed E-state index contributed by atoms with van der Waals surface area (Å²) in [6, 6.07) is 12.3. The smallest absolute Gasteiger partial charge is 0.259 e. The number of rotatable bonds is 11. The monoisotopic (exact) mass is 564 g/mol. The number of nitrogens with one attached hydrogen (secondary N) is 1. The summed E-state index contributed by atoms with van der Waals surface area (Å²) in [6.45, 7) is 3.25. The van der Waals surface area contributed by atoms with E-state index in [0.29, 0.717) is 50.3 Å². The topological polar surface area (TPSA) is 107 Å². The first-order valence-electron chi connectivity index (χ1n) is 13.2. The van der Waals surface area contributed by atoms with Crippen LogP contribution in [0.2, 0.25) is 5.02 Å². The first kappa shape index (κ1) is 27.9. The van der Waals surface area contributed by atoms with Crippen molar-refractivity contribution in [3.8, 4) is 22.6 Å². The van der Waals surface area contributed by atoms with Crippen molar-refractivity contribution in [3.63, 3.8) is 0 Å². The van der Waals surface area contributed by atoms with E-state index in [0.717, 1.165) is 26.1 Å². The molecule has 0 bridgehead atoms. The number of nitrogens with zero attached hydrogens (tertiary/aromatic N) is 3. The van der Waals surface area contributed by atoms with E-state index in [2.05, 4.69) is 22.2 Å². The van der Waals surface area contributed by atoms with Gasteiger partial charge in [-0.3, -0.25) is 14.9 Å². The molecular formula is C30H33ClN4O5. The van der Waals surface area contributed by atoms with Crippen molar-refractivity contribution in [2.24, 2.45) is 0 Å². The summed E-state index contributed by atoms with van der Waals surface area (Å²) in [5.41, 5.74) is 2.93. The largest absolute Gasteiger partial charge is 0.504 e. The standard InChI is InChI=1S/C30H33ClN4O5/c1-33(2)10-11-34(3)9-6-14-40-25-17-22-20(16-24(25)37)26-23(35(22)12-13-36)15-19(18-7-4-5-8-21(18)31)27-28(26)30(39)32-29(27)38/h4-5,7-8,15-17,36-37H,6,9-14H2,1-3H3,(H,32,38,39). The quantitative estimate of drug-likeness (QED) is 0.187. The Morgan fingerprint density at radius 3 is 2.42 bits per heavy atom. The molecule has 1 aliphatic heterocycles. The number of benzene rings is 3. The second-order valence-electron chi connectivity index (χ2n) is 10.4. The fourth-order valence-electron chi connectivity index (χ4n) is 5.30. The minimum absolute atomic E-state index is 0.0647. The lowest BCUT2D eigenvalue weighted by atomic mass is 9.93. The number of hydrogen-bond donors (Lipinski definition) is 3. The molecule has 0 atom stereocenters. The highest BCUT2D eigenvalue weighted by Crippen LogP contribution is 2.44. The van der Waals surface area contributed by atoms with Crippen LogP contribution in [0.1, 0.15) is 27.1 Å². The van der Waals surface area contributed by atoms with Crippen LogP contribution in [0.15, 0.2) is 42.5 Å². The Labute approximate surface area is 237 Å². The summed E-state index contributed by atoms with van der Waals surface area (Å²) in [7, 11) is 6.15. The molecule has 5 rings (SSSR count). The molecule has 1 aromatic heterocycles. The summed E-state index contributed by atoms with van der Waals surface area (Å²) in [4.78, 5) is 30.5. The van der Waals surface area contributed by atoms with Gasteiger partial charge in [0.2, 0.25) is 0 Å². The third kappa shape index (κ3) is 5.13. The molecule has 0 saturated carbocycles. The maximum Gasteiger partial charge on any atom is 0.259 e. The Kier molecular flexibility index (Phi) is 8.00. The number of phenolic OH excluding ortho intramolecular Hbond substituents is 1. The molecule has 0 unspecified atom stereocenters. The molecule has 2 amide bonds. The molecule has 1 aliphatic rings. The number of aromatic nitrogens is 1. The molecule has 9 nitrogen and oxygen atoms in total. The Morgan fingerprint density at radius 1 is 0.950 bits per heavy atom. The molecule has 2 heterocycles. The van der Waals surface area contributed by atoms with E-state index in [4.69, 9.17) is 16.3 Å². The Morgan fingerprint density at radius 2 is 1.70 bits per heavy atom. The Hall–Kier alpha value is -3.63. The van der Waals surface area contributed by atoms with Crippen LogP contribution in [0.4, 0.5) is 0 Å². The zero-order valence-electron chi connectivity index (χ0n) is 22.8. The molecule has 0 spiro atoms. The Bertz CT molecular complexity index is 1610. The van der Waals surface area contributed by atoms with Crippen LogP contribution in [0, 0.1) is 0 Å². The summed E-state index contributed by atoms with van der Waals surface area (Å²) < 4.78 is 7.85. The predicted octanol–water partition coefficient (Wildman–Crippen LogP) is 3.96. The lowest BCUT2D eigenvalue weighted by molar-refractivity contribution is 0.0880. The van der Waals surface area contributed by atoms with Gasteiger partial charge >= 0.3 is 0 Å². The molecule has 4 aromatic rings. The summed E-state index contributed by atoms with van der Waals surface area (Å²) >= 11 is 6.51. The normalized spacial score (nSPS) is 13.2. The molecule has 3 aromatic carbocycles. The van der Waals surface area contributed by atoms with Gasteiger partial charge in [-0.1, -0.05) is 29.8 Å². The molecule has 10 heteroatoms. The molecule has 3 N–H and O–H groups in total. The number of carbonyl (C=O) groups excluding carboxylic acids is 2. The number of carbonyl (C=O) groups is 2. The van der Waals surface area contributed by atoms with Crippen molar-refractivity contribution in [1.29, 1.82) is 0 Å². The van der Waals surface area contributed by atoms with Gasteiger partial charge in [0, 0.05) is 53.6 Å². The second-order valence-corrected chi connectivity index (χ2v) is 10.8. The van der Waals surface area contributed by atoms with E-state index < -0.39 is 11.8 Å². The molecule has 0 radical (unpaired) electrons. The van der Waals surface area contributed by atoms with Crippen LogP contribution in [0.5, 0.6) is 11.5 Å². The number of halogens is 1. The van der Waals surface area contributed by atoms with Gasteiger partial charge in [-0.05, 0) is 51.3 Å². The molecule has 0 fully saturated rings. The van der Waals surface area contributed by atoms with Gasteiger partial charge in [-0.2, -0.15) is 0 Å². The van der Waals surface area contributed by atoms with E-state index in [9.17, 15) is 19.8 Å². The zero-order chi connectivity index (χ0) is 28.6. The molecule has 210 valence electrons. The van der Waals surface area contributed by atoms with Crippen molar-refractivity contribution >= 4 is 45.2 Å². The average Bonchev–Trinajstić information content (AvgIpc) is 3.38. The van der Waals surface area contributed by atoms with Gasteiger partial charge in [0.1, 0.15) is 0 Å². The van der Waals surface area contributed by atoms with Crippen molar-refractivity contribution in [1.82, 2.24) is 19.7 Å². The third-order valence-corrected chi connectivity index (χ3v) is 7.60. The number of hydrogen-bond acceptors (Lipinski definition) is 7. The molecular weight excluding hydrogens is 532 g/mol. The minimum atomic E-state index is -0.514. The third-order valence-electron chi connectivity index (χ3n) is 7.27. The van der Waals surface area contributed by atoms with Crippen molar-refractivity contribution < 1.29 is 24.5 Å². The molecule has 40 heavy (non-hydrogen) atoms. The predicted molar refractivity (Wildman–Crippen MR) is 157 cm³/mol. The number of amides is 2. The maximum absolute atomic E-state index is 13.1. The summed E-state index contributed by atoms with van der Waals surface area (Å²) in [5.74, 6) is -0.765. The minimum Gasteiger partial charge on any atom is -0.504 e. The van der Waals surface area contributed by atoms with Gasteiger partial charge < -0.3 is 29.3 Å². The maximum atomic E-state index is 13.1. The van der Waals surface area contributed by atoms with Crippen molar-refractivity contribution in [3.05, 3.63) is 58.6 Å². The van der Waals surface area contributed by atoms with Gasteiger partial charge in [0.05, 0.1) is 35.4 Å². The average molecular weight is 565 g/mol. The Balaban J connectivity index is 1.59. The fourth-order valence-corrected chi connectivity index (χ4v) is 5.54. The summed E-state index contributed by atoms with van der Waals surface area (Å²) in [5, 5.41) is 24.8. The zero-order valence-corrected chi connectivity index (χ0v) is 23.6. The van der Waals surface area contributed by atoms with Crippen LogP contribution in [0.25, 0.3) is 32.9 Å². The first-order chi connectivity index (χ1) is 19.2. The van der Waals surface area contributed by atoms with E-state index >= 15 is 0 Å². The van der Waals surface area contributed by atoms with Crippen molar-refractivity contribution in [2.45, 2.75) is 13.0 Å². The molecule has 0 saturated heterocycles. The number of phenols is 1. The number of aromatic hydroxyl groups is 1. The SMILES string of the molecule is CN(C)CCN(C)CCCOc1cc2c(cc1O)c1c3c(c(-c4ccccc4Cl)cc1n2CCO)C(=O)NC3=O. The van der Waals surface area contributed by atoms with Crippen LogP contribution >= 0.6 is 11.6 Å². The second kappa shape index (κ2) is 11.5. The van der Waals surface area contributed by atoms with Gasteiger partial charge in [-0.15, -0.1) is 0 Å². The van der Waals surface area contributed by atoms with Crippen LogP contribution in [-0.4, -0.2) is 90.4 Å². The van der Waals surface area contributed by atoms with Gasteiger partial charge in [0.25, 0.3) is 11.8 Å². The van der Waals surface area contributed by atoms with Crippen LogP contribution in [0.3, 0.4) is 0 Å². The summed E-state index contributed by atoms with van der Waals surface area (Å²) in [6.07, 6.45) is 0.776. The number of aliphatic hydroxyl groups excluding tert-OH is 1. The van der Waals surface area contributed by atoms with E-state index in [1.165, 1.54) is 0 Å². The van der Waals surface area contributed by atoms with Gasteiger partial charge in [0.15, 0.2) is 11.5 Å². The number of fused-ring (bicyclic) bond motifs is 5. The lowest BCUT2D eigenvalue weighted by Crippen LogP contribution is -2.29. The van der Waals surface area contributed by atoms with Crippen LogP contribution < -0.4 is 10.1 Å². The fraction of sp³-hybridized carbons (Fsp3) is 0.333. The number of imide groups is 1. The van der Waals surface area contributed by atoms with Crippen LogP contribution in [-0.2, 0) is 6.54 Å². The number of ether oxygens (including phenoxy) is 1. The lowest BCUT2D eigenvalue weighted by Gasteiger charge is -2.19. The van der Waals surface area contributed by atoms with Crippen molar-refractivity contribution in [2.75, 3.05) is 54.0 Å². The van der Waals surface area contributed by atoms with E-state index in [1.54, 1.807) is 30.3 Å². The number of likely N-dealkylation sites (N-methyl/N-ethyl adjacent to an activating group) is 2. The first-order valence-corrected chi connectivity index (χ1v) is 13.6. The highest BCUT2D eigenvalue weighted by atomic mass is 35.5. The highest BCUT2D eigenvalue weighted by Gasteiger charge is 2.35. The number of aliphatic hydroxyl groups is 1. The van der Waals surface area contributed by atoms with E-state index in [1.807, 2.05) is 30.8 Å². The molecule has 0 aliphatic carbocycles. The van der Waals surface area contributed by atoms with Gasteiger partial charge in [-0.25, -0.2) is 0 Å².